The second-order valence-corrected chi connectivity index (χ2v) is 7.26. The van der Waals surface area contributed by atoms with Crippen molar-refractivity contribution in [3.05, 3.63) is 108 Å². The molecule has 1 unspecified atom stereocenters. The fourth-order valence-electron chi connectivity index (χ4n) is 4.17. The molecule has 1 N–H and O–H groups in total. The van der Waals surface area contributed by atoms with Gasteiger partial charge in [-0.3, -0.25) is 4.99 Å². The van der Waals surface area contributed by atoms with Crippen LogP contribution in [-0.4, -0.2) is 23.8 Å². The summed E-state index contributed by atoms with van der Waals surface area (Å²) < 4.78 is 0. The van der Waals surface area contributed by atoms with Crippen LogP contribution in [0.5, 0.6) is 0 Å². The van der Waals surface area contributed by atoms with Crippen LogP contribution in [0.4, 0.5) is 5.69 Å². The molecule has 28 heavy (non-hydrogen) atoms. The van der Waals surface area contributed by atoms with E-state index in [1.54, 1.807) is 0 Å². The molecule has 0 spiro atoms. The molecular formula is C25H23N3. The van der Waals surface area contributed by atoms with E-state index in [0.29, 0.717) is 0 Å². The average Bonchev–Trinajstić information content (AvgIpc) is 2.79. The maximum Gasteiger partial charge on any atom is 0.158 e. The molecule has 138 valence electrons. The molecule has 2 heterocycles. The highest BCUT2D eigenvalue weighted by Gasteiger charge is 2.43. The monoisotopic (exact) mass is 365 g/mol. The molecule has 0 saturated heterocycles. The number of rotatable bonds is 3. The van der Waals surface area contributed by atoms with Gasteiger partial charge in [0.25, 0.3) is 0 Å². The zero-order valence-corrected chi connectivity index (χ0v) is 15.8. The Kier molecular flexibility index (Phi) is 4.21. The topological polar surface area (TPSA) is 27.6 Å². The van der Waals surface area contributed by atoms with E-state index in [0.717, 1.165) is 31.0 Å². The molecule has 3 aromatic carbocycles. The van der Waals surface area contributed by atoms with E-state index in [2.05, 4.69) is 107 Å². The number of benzene rings is 3. The van der Waals surface area contributed by atoms with Crippen molar-refractivity contribution in [3.8, 4) is 0 Å². The van der Waals surface area contributed by atoms with E-state index >= 15 is 0 Å². The molecule has 1 atom stereocenters. The van der Waals surface area contributed by atoms with E-state index in [1.165, 1.54) is 16.7 Å². The minimum Gasteiger partial charge on any atom is -0.355 e. The van der Waals surface area contributed by atoms with Gasteiger partial charge in [-0.1, -0.05) is 78.9 Å². The summed E-state index contributed by atoms with van der Waals surface area (Å²) in [4.78, 5) is 7.36. The Balaban J connectivity index is 1.71. The Morgan fingerprint density at radius 1 is 0.857 bits per heavy atom. The van der Waals surface area contributed by atoms with Gasteiger partial charge in [-0.05, 0) is 30.2 Å². The second kappa shape index (κ2) is 7.01. The molecule has 0 amide bonds. The number of fused-ring (bicyclic) bond motifs is 3. The summed E-state index contributed by atoms with van der Waals surface area (Å²) in [6, 6.07) is 29.6. The first kappa shape index (κ1) is 16.8. The third-order valence-electron chi connectivity index (χ3n) is 5.51. The van der Waals surface area contributed by atoms with E-state index in [1.807, 2.05) is 0 Å². The summed E-state index contributed by atoms with van der Waals surface area (Å²) in [5.74, 6) is 1.09. The maximum atomic E-state index is 4.94. The summed E-state index contributed by atoms with van der Waals surface area (Å²) in [6.45, 7) is 1.85. The molecule has 0 radical (unpaired) electrons. The molecule has 0 saturated carbocycles. The third-order valence-corrected chi connectivity index (χ3v) is 5.51. The summed E-state index contributed by atoms with van der Waals surface area (Å²) in [7, 11) is 0. The van der Waals surface area contributed by atoms with Gasteiger partial charge in [0, 0.05) is 29.9 Å². The van der Waals surface area contributed by atoms with Crippen LogP contribution in [0.15, 0.2) is 96.0 Å². The van der Waals surface area contributed by atoms with Crippen LogP contribution in [0.1, 0.15) is 23.1 Å². The number of nitrogens with one attached hydrogen (secondary N) is 1. The highest BCUT2D eigenvalue weighted by Crippen LogP contribution is 2.40. The van der Waals surface area contributed by atoms with Crippen LogP contribution in [0.3, 0.4) is 0 Å². The van der Waals surface area contributed by atoms with Crippen LogP contribution < -0.4 is 5.32 Å². The van der Waals surface area contributed by atoms with Crippen molar-refractivity contribution in [2.75, 3.05) is 18.4 Å². The van der Waals surface area contributed by atoms with Crippen LogP contribution in [0, 0.1) is 0 Å². The lowest BCUT2D eigenvalue weighted by Gasteiger charge is -2.50. The largest absolute Gasteiger partial charge is 0.355 e. The van der Waals surface area contributed by atoms with Gasteiger partial charge in [-0.2, -0.15) is 0 Å². The first-order valence-corrected chi connectivity index (χ1v) is 9.86. The number of anilines is 1. The van der Waals surface area contributed by atoms with Crippen molar-refractivity contribution in [2.24, 2.45) is 4.99 Å². The van der Waals surface area contributed by atoms with Crippen LogP contribution in [0.25, 0.3) is 6.08 Å². The van der Waals surface area contributed by atoms with Crippen LogP contribution in [-0.2, 0) is 5.66 Å². The molecule has 3 heteroatoms. The van der Waals surface area contributed by atoms with Gasteiger partial charge in [0.1, 0.15) is 5.84 Å². The summed E-state index contributed by atoms with van der Waals surface area (Å²) >= 11 is 0. The maximum absolute atomic E-state index is 4.94. The number of amidine groups is 1. The Hall–Kier alpha value is -3.33. The highest BCUT2D eigenvalue weighted by atomic mass is 15.4. The first-order valence-electron chi connectivity index (χ1n) is 9.86. The predicted molar refractivity (Wildman–Crippen MR) is 116 cm³/mol. The van der Waals surface area contributed by atoms with Crippen molar-refractivity contribution < 1.29 is 0 Å². The SMILES string of the molecule is C(=CC1(c2ccccc2)Nc2ccccc2C2=NCCCN21)c1ccccc1. The molecule has 2 aliphatic rings. The summed E-state index contributed by atoms with van der Waals surface area (Å²) in [6.07, 6.45) is 5.55. The Morgan fingerprint density at radius 3 is 2.39 bits per heavy atom. The normalized spacial score (nSPS) is 20.9. The number of aliphatic imine (C=N–C) groups is 1. The van der Waals surface area contributed by atoms with Gasteiger partial charge in [0.15, 0.2) is 5.66 Å². The Labute approximate surface area is 166 Å². The van der Waals surface area contributed by atoms with E-state index in [4.69, 9.17) is 4.99 Å². The van der Waals surface area contributed by atoms with Gasteiger partial charge in [-0.25, -0.2) is 0 Å². The zero-order chi connectivity index (χ0) is 18.8. The predicted octanol–water partition coefficient (Wildman–Crippen LogP) is 5.13. The lowest BCUT2D eigenvalue weighted by Crippen LogP contribution is -2.58. The summed E-state index contributed by atoms with van der Waals surface area (Å²) in [5, 5.41) is 3.85. The molecule has 0 bridgehead atoms. The molecule has 3 aromatic rings. The van der Waals surface area contributed by atoms with Crippen molar-refractivity contribution in [1.82, 2.24) is 4.90 Å². The van der Waals surface area contributed by atoms with Crippen LogP contribution >= 0.6 is 0 Å². The highest BCUT2D eigenvalue weighted by molar-refractivity contribution is 6.06. The minimum atomic E-state index is -0.468. The van der Waals surface area contributed by atoms with Crippen LogP contribution in [0.2, 0.25) is 0 Å². The van der Waals surface area contributed by atoms with Gasteiger partial charge in [-0.15, -0.1) is 0 Å². The van der Waals surface area contributed by atoms with Crippen molar-refractivity contribution >= 4 is 17.6 Å². The third kappa shape index (κ3) is 2.80. The number of hydrogen-bond donors (Lipinski definition) is 1. The van der Waals surface area contributed by atoms with E-state index < -0.39 is 5.66 Å². The molecule has 5 rings (SSSR count). The second-order valence-electron chi connectivity index (χ2n) is 7.26. The lowest BCUT2D eigenvalue weighted by atomic mass is 9.90. The molecule has 0 aliphatic carbocycles. The van der Waals surface area contributed by atoms with E-state index in [9.17, 15) is 0 Å². The fraction of sp³-hybridized carbons (Fsp3) is 0.160. The minimum absolute atomic E-state index is 0.468. The van der Waals surface area contributed by atoms with Gasteiger partial charge in [0.05, 0.1) is 0 Å². The van der Waals surface area contributed by atoms with Crippen molar-refractivity contribution in [1.29, 1.82) is 0 Å². The fourth-order valence-corrected chi connectivity index (χ4v) is 4.17. The Bertz CT molecular complexity index is 1020. The van der Waals surface area contributed by atoms with Gasteiger partial charge in [0.2, 0.25) is 0 Å². The molecule has 3 nitrogen and oxygen atoms in total. The first-order chi connectivity index (χ1) is 13.9. The van der Waals surface area contributed by atoms with Gasteiger partial charge >= 0.3 is 0 Å². The smallest absolute Gasteiger partial charge is 0.158 e. The van der Waals surface area contributed by atoms with E-state index in [-0.39, 0.29) is 0 Å². The standard InChI is InChI=1S/C25H23N3/c1-3-10-20(11-4-1)16-17-25(21-12-5-2-6-13-21)27-23-15-8-7-14-22(23)24-26-18-9-19-28(24)25/h1-8,10-17,27H,9,18-19H2. The Morgan fingerprint density at radius 2 is 1.57 bits per heavy atom. The lowest BCUT2D eigenvalue weighted by molar-refractivity contribution is 0.245. The average molecular weight is 365 g/mol. The number of hydrogen-bond acceptors (Lipinski definition) is 3. The molecule has 2 aliphatic heterocycles. The molecule has 0 fully saturated rings. The molecule has 0 aromatic heterocycles. The number of nitrogens with zero attached hydrogens (tertiary/aromatic N) is 2. The quantitative estimate of drug-likeness (QED) is 0.697. The number of para-hydroxylation sites is 1. The zero-order valence-electron chi connectivity index (χ0n) is 15.8. The van der Waals surface area contributed by atoms with Gasteiger partial charge < -0.3 is 10.2 Å². The summed E-state index contributed by atoms with van der Waals surface area (Å²) in [5.41, 5.74) is 4.24. The molecular weight excluding hydrogens is 342 g/mol. The van der Waals surface area contributed by atoms with Crippen molar-refractivity contribution in [3.63, 3.8) is 0 Å². The van der Waals surface area contributed by atoms with Crippen molar-refractivity contribution in [2.45, 2.75) is 12.1 Å².